The van der Waals surface area contributed by atoms with E-state index >= 15 is 0 Å². The van der Waals surface area contributed by atoms with Crippen molar-refractivity contribution < 1.29 is 9.53 Å². The number of carbonyl (C=O) groups is 1. The molecule has 1 fully saturated rings. The van der Waals surface area contributed by atoms with Gasteiger partial charge in [0.1, 0.15) is 5.69 Å². The number of hydrogen-bond acceptors (Lipinski definition) is 6. The molecule has 2 aromatic rings. The van der Waals surface area contributed by atoms with Crippen LogP contribution in [0.25, 0.3) is 0 Å². The third-order valence-electron chi connectivity index (χ3n) is 3.75. The predicted molar refractivity (Wildman–Crippen MR) is 89.6 cm³/mol. The number of amides is 1. The summed E-state index contributed by atoms with van der Waals surface area (Å²) in [4.78, 5) is 23.3. The summed E-state index contributed by atoms with van der Waals surface area (Å²) >= 11 is 1.43. The van der Waals surface area contributed by atoms with Crippen molar-refractivity contribution in [2.45, 2.75) is 25.5 Å². The van der Waals surface area contributed by atoms with Crippen LogP contribution in [0, 0.1) is 0 Å². The van der Waals surface area contributed by atoms with Crippen molar-refractivity contribution in [3.05, 3.63) is 41.2 Å². The smallest absolute Gasteiger partial charge is 0.273 e. The summed E-state index contributed by atoms with van der Waals surface area (Å²) < 4.78 is 5.69. The third-order valence-corrected chi connectivity index (χ3v) is 4.61. The SMILES string of the molecule is CNc1nc(C(=O)N(Cc2ccccn2)CC2CCCO2)cs1. The molecule has 1 aliphatic heterocycles. The van der Waals surface area contributed by atoms with Crippen molar-refractivity contribution in [3.8, 4) is 0 Å². The minimum absolute atomic E-state index is 0.0797. The Morgan fingerprint density at radius 1 is 1.52 bits per heavy atom. The van der Waals surface area contributed by atoms with E-state index in [0.717, 1.165) is 30.3 Å². The van der Waals surface area contributed by atoms with E-state index in [-0.39, 0.29) is 12.0 Å². The van der Waals surface area contributed by atoms with Gasteiger partial charge in [0.25, 0.3) is 5.91 Å². The normalized spacial score (nSPS) is 17.2. The lowest BCUT2D eigenvalue weighted by Gasteiger charge is -2.24. The third kappa shape index (κ3) is 4.05. The Morgan fingerprint density at radius 3 is 3.09 bits per heavy atom. The van der Waals surface area contributed by atoms with E-state index in [0.29, 0.717) is 18.8 Å². The number of ether oxygens (including phenoxy) is 1. The lowest BCUT2D eigenvalue weighted by Crippen LogP contribution is -2.37. The summed E-state index contributed by atoms with van der Waals surface area (Å²) in [5, 5.41) is 5.49. The maximum atomic E-state index is 12.8. The fraction of sp³-hybridized carbons (Fsp3) is 0.438. The molecule has 0 aliphatic carbocycles. The van der Waals surface area contributed by atoms with Gasteiger partial charge < -0.3 is 15.0 Å². The monoisotopic (exact) mass is 332 g/mol. The highest BCUT2D eigenvalue weighted by molar-refractivity contribution is 7.13. The molecule has 0 saturated carbocycles. The molecule has 0 radical (unpaired) electrons. The van der Waals surface area contributed by atoms with Crippen LogP contribution in [0.15, 0.2) is 29.8 Å². The van der Waals surface area contributed by atoms with E-state index in [4.69, 9.17) is 4.74 Å². The molecule has 7 heteroatoms. The van der Waals surface area contributed by atoms with Gasteiger partial charge in [0.15, 0.2) is 5.13 Å². The zero-order valence-corrected chi connectivity index (χ0v) is 13.9. The molecule has 1 atom stereocenters. The first-order chi connectivity index (χ1) is 11.3. The van der Waals surface area contributed by atoms with Gasteiger partial charge in [0.2, 0.25) is 0 Å². The zero-order chi connectivity index (χ0) is 16.1. The van der Waals surface area contributed by atoms with Crippen LogP contribution in [0.3, 0.4) is 0 Å². The van der Waals surface area contributed by atoms with Crippen LogP contribution >= 0.6 is 11.3 Å². The molecule has 2 aromatic heterocycles. The molecule has 0 aromatic carbocycles. The van der Waals surface area contributed by atoms with Crippen LogP contribution in [-0.4, -0.2) is 47.1 Å². The van der Waals surface area contributed by atoms with Gasteiger partial charge >= 0.3 is 0 Å². The summed E-state index contributed by atoms with van der Waals surface area (Å²) in [5.41, 5.74) is 1.33. The van der Waals surface area contributed by atoms with Gasteiger partial charge in [-0.25, -0.2) is 4.98 Å². The predicted octanol–water partition coefficient (Wildman–Crippen LogP) is 2.40. The topological polar surface area (TPSA) is 67.4 Å². The lowest BCUT2D eigenvalue weighted by atomic mass is 10.2. The summed E-state index contributed by atoms with van der Waals surface area (Å²) in [6.45, 7) is 1.81. The first-order valence-corrected chi connectivity index (χ1v) is 8.58. The summed E-state index contributed by atoms with van der Waals surface area (Å²) in [6.07, 6.45) is 3.89. The molecule has 3 heterocycles. The molecule has 1 aliphatic rings. The number of nitrogens with zero attached hydrogens (tertiary/aromatic N) is 3. The lowest BCUT2D eigenvalue weighted by molar-refractivity contribution is 0.0500. The maximum Gasteiger partial charge on any atom is 0.273 e. The minimum atomic E-state index is -0.0797. The van der Waals surface area contributed by atoms with E-state index in [1.54, 1.807) is 23.5 Å². The van der Waals surface area contributed by atoms with Crippen molar-refractivity contribution in [1.82, 2.24) is 14.9 Å². The fourth-order valence-electron chi connectivity index (χ4n) is 2.59. The van der Waals surface area contributed by atoms with Crippen molar-refractivity contribution >= 4 is 22.4 Å². The van der Waals surface area contributed by atoms with Crippen LogP contribution < -0.4 is 5.32 Å². The minimum Gasteiger partial charge on any atom is -0.376 e. The van der Waals surface area contributed by atoms with E-state index in [2.05, 4.69) is 15.3 Å². The van der Waals surface area contributed by atoms with Gasteiger partial charge in [-0.1, -0.05) is 6.07 Å². The number of thiazole rings is 1. The molecule has 122 valence electrons. The van der Waals surface area contributed by atoms with Gasteiger partial charge in [-0.15, -0.1) is 11.3 Å². The Kier molecular flexibility index (Phi) is 5.19. The van der Waals surface area contributed by atoms with Crippen LogP contribution in [0.5, 0.6) is 0 Å². The van der Waals surface area contributed by atoms with E-state index < -0.39 is 0 Å². The standard InChI is InChI=1S/C16H20N4O2S/c1-17-16-19-14(11-23-16)15(21)20(10-13-6-4-8-22-13)9-12-5-2-3-7-18-12/h2-3,5,7,11,13H,4,6,8-10H2,1H3,(H,17,19). The van der Waals surface area contributed by atoms with Crippen molar-refractivity contribution in [2.75, 3.05) is 25.5 Å². The van der Waals surface area contributed by atoms with Crippen molar-refractivity contribution in [3.63, 3.8) is 0 Å². The Morgan fingerprint density at radius 2 is 2.43 bits per heavy atom. The Hall–Kier alpha value is -1.99. The average molecular weight is 332 g/mol. The van der Waals surface area contributed by atoms with E-state index in [1.807, 2.05) is 18.2 Å². The number of anilines is 1. The molecule has 0 spiro atoms. The molecule has 0 bridgehead atoms. The quantitative estimate of drug-likeness (QED) is 0.880. The van der Waals surface area contributed by atoms with E-state index in [9.17, 15) is 4.79 Å². The Balaban J connectivity index is 1.76. The summed E-state index contributed by atoms with van der Waals surface area (Å²) in [5.74, 6) is -0.0797. The average Bonchev–Trinajstić information content (AvgIpc) is 3.26. The van der Waals surface area contributed by atoms with E-state index in [1.165, 1.54) is 11.3 Å². The van der Waals surface area contributed by atoms with Crippen LogP contribution in [0.2, 0.25) is 0 Å². The second-order valence-electron chi connectivity index (χ2n) is 5.43. The van der Waals surface area contributed by atoms with Gasteiger partial charge in [-0.3, -0.25) is 9.78 Å². The molecule has 6 nitrogen and oxygen atoms in total. The number of aromatic nitrogens is 2. The highest BCUT2D eigenvalue weighted by Gasteiger charge is 2.25. The van der Waals surface area contributed by atoms with Gasteiger partial charge in [0, 0.05) is 31.8 Å². The number of pyridine rings is 1. The Labute approximate surface area is 139 Å². The zero-order valence-electron chi connectivity index (χ0n) is 13.1. The molecular formula is C16H20N4O2S. The molecular weight excluding hydrogens is 312 g/mol. The number of carbonyl (C=O) groups excluding carboxylic acids is 1. The summed E-state index contributed by atoms with van der Waals surface area (Å²) in [7, 11) is 1.80. The number of rotatable bonds is 6. The second kappa shape index (κ2) is 7.52. The molecule has 1 N–H and O–H groups in total. The number of hydrogen-bond donors (Lipinski definition) is 1. The van der Waals surface area contributed by atoms with Crippen molar-refractivity contribution in [1.29, 1.82) is 0 Å². The highest BCUT2D eigenvalue weighted by Crippen LogP contribution is 2.19. The fourth-order valence-corrected chi connectivity index (χ4v) is 3.24. The summed E-state index contributed by atoms with van der Waals surface area (Å²) in [6, 6.07) is 5.73. The van der Waals surface area contributed by atoms with Crippen LogP contribution in [0.1, 0.15) is 29.0 Å². The van der Waals surface area contributed by atoms with Crippen LogP contribution in [0.4, 0.5) is 5.13 Å². The van der Waals surface area contributed by atoms with Gasteiger partial charge in [-0.05, 0) is 25.0 Å². The first-order valence-electron chi connectivity index (χ1n) is 7.70. The first kappa shape index (κ1) is 15.9. The van der Waals surface area contributed by atoms with Crippen LogP contribution in [-0.2, 0) is 11.3 Å². The molecule has 3 rings (SSSR count). The Bertz CT molecular complexity index is 641. The second-order valence-corrected chi connectivity index (χ2v) is 6.29. The highest BCUT2D eigenvalue weighted by atomic mass is 32.1. The molecule has 1 amide bonds. The largest absolute Gasteiger partial charge is 0.376 e. The van der Waals surface area contributed by atoms with Gasteiger partial charge in [0.05, 0.1) is 18.3 Å². The van der Waals surface area contributed by atoms with Crippen molar-refractivity contribution in [2.24, 2.45) is 0 Å². The maximum absolute atomic E-state index is 12.8. The molecule has 23 heavy (non-hydrogen) atoms. The molecule has 1 saturated heterocycles. The molecule has 1 unspecified atom stereocenters. The number of nitrogens with one attached hydrogen (secondary N) is 1. The van der Waals surface area contributed by atoms with Gasteiger partial charge in [-0.2, -0.15) is 0 Å².